The molecule has 1 aromatic carbocycles. The Morgan fingerprint density at radius 3 is 2.69 bits per heavy atom. The molecule has 0 heterocycles. The lowest BCUT2D eigenvalue weighted by Gasteiger charge is -2.06. The maximum atomic E-state index is 5.43. The van der Waals surface area contributed by atoms with Gasteiger partial charge in [-0.15, -0.1) is 0 Å². The van der Waals surface area contributed by atoms with Gasteiger partial charge in [0.05, 0.1) is 7.11 Å². The number of rotatable bonds is 5. The quantitative estimate of drug-likeness (QED) is 0.701. The van der Waals surface area contributed by atoms with E-state index in [0.29, 0.717) is 0 Å². The minimum absolute atomic E-state index is 0.773. The smallest absolute Gasteiger partial charge is 0.122 e. The van der Waals surface area contributed by atoms with Gasteiger partial charge in [-0.25, -0.2) is 0 Å². The summed E-state index contributed by atoms with van der Waals surface area (Å²) in [7, 11) is 1.71. The minimum Gasteiger partial charge on any atom is -0.496 e. The van der Waals surface area contributed by atoms with Crippen molar-refractivity contribution in [2.45, 2.75) is 19.3 Å². The summed E-state index contributed by atoms with van der Waals surface area (Å²) in [6.45, 7) is 0.773. The molecule has 13 heavy (non-hydrogen) atoms. The first-order valence-corrected chi connectivity index (χ1v) is 4.70. The van der Waals surface area contributed by atoms with Crippen LogP contribution in [0, 0.1) is 0 Å². The number of hydrogen-bond donors (Lipinski definition) is 1. The third-order valence-corrected chi connectivity index (χ3v) is 2.09. The van der Waals surface area contributed by atoms with E-state index in [9.17, 15) is 0 Å². The van der Waals surface area contributed by atoms with Crippen LogP contribution in [0.1, 0.15) is 18.4 Å². The molecule has 72 valence electrons. The fourth-order valence-electron chi connectivity index (χ4n) is 1.37. The molecule has 2 nitrogen and oxygen atoms in total. The van der Waals surface area contributed by atoms with Crippen LogP contribution >= 0.6 is 0 Å². The molecule has 0 fully saturated rings. The van der Waals surface area contributed by atoms with Crippen LogP contribution in [0.15, 0.2) is 24.3 Å². The molecule has 0 amide bonds. The van der Waals surface area contributed by atoms with Crippen molar-refractivity contribution in [3.8, 4) is 5.75 Å². The zero-order chi connectivity index (χ0) is 9.52. The van der Waals surface area contributed by atoms with Gasteiger partial charge in [-0.05, 0) is 37.4 Å². The first kappa shape index (κ1) is 10.1. The number of benzene rings is 1. The maximum absolute atomic E-state index is 5.43. The van der Waals surface area contributed by atoms with Crippen molar-refractivity contribution in [2.75, 3.05) is 13.7 Å². The van der Waals surface area contributed by atoms with Crippen LogP contribution in [0.4, 0.5) is 0 Å². The topological polar surface area (TPSA) is 35.2 Å². The molecule has 1 aromatic rings. The molecule has 2 heteroatoms. The monoisotopic (exact) mass is 179 g/mol. The summed E-state index contributed by atoms with van der Waals surface area (Å²) >= 11 is 0. The zero-order valence-electron chi connectivity index (χ0n) is 8.12. The molecule has 0 aliphatic carbocycles. The zero-order valence-corrected chi connectivity index (χ0v) is 8.12. The van der Waals surface area contributed by atoms with Crippen molar-refractivity contribution in [3.05, 3.63) is 29.8 Å². The third-order valence-electron chi connectivity index (χ3n) is 2.09. The normalized spacial score (nSPS) is 10.0. The van der Waals surface area contributed by atoms with E-state index in [1.165, 1.54) is 5.56 Å². The molecule has 0 unspecified atom stereocenters. The molecule has 0 bridgehead atoms. The highest BCUT2D eigenvalue weighted by molar-refractivity contribution is 5.33. The lowest BCUT2D eigenvalue weighted by Crippen LogP contribution is -1.99. The van der Waals surface area contributed by atoms with E-state index < -0.39 is 0 Å². The van der Waals surface area contributed by atoms with Crippen LogP contribution in [0.5, 0.6) is 5.75 Å². The molecule has 0 aliphatic rings. The first-order valence-electron chi connectivity index (χ1n) is 4.70. The van der Waals surface area contributed by atoms with Crippen LogP contribution in [-0.2, 0) is 6.42 Å². The molecular formula is C11H17NO. The van der Waals surface area contributed by atoms with Crippen LogP contribution in [0.3, 0.4) is 0 Å². The molecule has 0 aliphatic heterocycles. The Kier molecular flexibility index (Phi) is 4.33. The molecule has 2 N–H and O–H groups in total. The van der Waals surface area contributed by atoms with Gasteiger partial charge in [0.15, 0.2) is 0 Å². The van der Waals surface area contributed by atoms with Crippen molar-refractivity contribution in [2.24, 2.45) is 5.73 Å². The summed E-state index contributed by atoms with van der Waals surface area (Å²) in [5.41, 5.74) is 6.71. The highest BCUT2D eigenvalue weighted by Crippen LogP contribution is 2.18. The fourth-order valence-corrected chi connectivity index (χ4v) is 1.37. The average Bonchev–Trinajstić information content (AvgIpc) is 2.19. The second kappa shape index (κ2) is 5.60. The Bertz CT molecular complexity index is 248. The Hall–Kier alpha value is -1.02. The lowest BCUT2D eigenvalue weighted by molar-refractivity contribution is 0.409. The highest BCUT2D eigenvalue weighted by Gasteiger charge is 1.99. The Labute approximate surface area is 79.7 Å². The Morgan fingerprint density at radius 1 is 1.23 bits per heavy atom. The van der Waals surface area contributed by atoms with Gasteiger partial charge in [0.1, 0.15) is 5.75 Å². The molecule has 1 rings (SSSR count). The van der Waals surface area contributed by atoms with E-state index >= 15 is 0 Å². The third kappa shape index (κ3) is 3.07. The summed E-state index contributed by atoms with van der Waals surface area (Å²) in [6, 6.07) is 8.14. The maximum Gasteiger partial charge on any atom is 0.122 e. The number of para-hydroxylation sites is 1. The molecule has 0 spiro atoms. The van der Waals surface area contributed by atoms with Gasteiger partial charge in [-0.2, -0.15) is 0 Å². The highest BCUT2D eigenvalue weighted by atomic mass is 16.5. The SMILES string of the molecule is COc1ccccc1CCCCN. The fraction of sp³-hybridized carbons (Fsp3) is 0.455. The second-order valence-corrected chi connectivity index (χ2v) is 3.06. The van der Waals surface area contributed by atoms with Gasteiger partial charge in [-0.1, -0.05) is 18.2 Å². The number of unbranched alkanes of at least 4 members (excludes halogenated alkanes) is 1. The van der Waals surface area contributed by atoms with Crippen LogP contribution in [-0.4, -0.2) is 13.7 Å². The van der Waals surface area contributed by atoms with Gasteiger partial charge < -0.3 is 10.5 Å². The van der Waals surface area contributed by atoms with Gasteiger partial charge in [0, 0.05) is 0 Å². The largest absolute Gasteiger partial charge is 0.496 e. The van der Waals surface area contributed by atoms with E-state index in [-0.39, 0.29) is 0 Å². The molecule has 0 radical (unpaired) electrons. The number of methoxy groups -OCH3 is 1. The number of nitrogens with two attached hydrogens (primary N) is 1. The van der Waals surface area contributed by atoms with Gasteiger partial charge in [0.25, 0.3) is 0 Å². The first-order chi connectivity index (χ1) is 6.38. The summed E-state index contributed by atoms with van der Waals surface area (Å²) in [4.78, 5) is 0. The molecule has 0 atom stereocenters. The number of hydrogen-bond acceptors (Lipinski definition) is 2. The predicted octanol–water partition coefficient (Wildman–Crippen LogP) is 1.98. The lowest BCUT2D eigenvalue weighted by atomic mass is 10.1. The van der Waals surface area contributed by atoms with Crippen molar-refractivity contribution >= 4 is 0 Å². The minimum atomic E-state index is 0.773. The molecule has 0 saturated heterocycles. The summed E-state index contributed by atoms with van der Waals surface area (Å²) in [5.74, 6) is 0.986. The van der Waals surface area contributed by atoms with Gasteiger partial charge in [-0.3, -0.25) is 0 Å². The van der Waals surface area contributed by atoms with Gasteiger partial charge >= 0.3 is 0 Å². The van der Waals surface area contributed by atoms with Crippen molar-refractivity contribution in [3.63, 3.8) is 0 Å². The summed E-state index contributed by atoms with van der Waals surface area (Å²) in [5, 5.41) is 0. The standard InChI is InChI=1S/C11H17NO/c1-13-11-8-3-2-6-10(11)7-4-5-9-12/h2-3,6,8H,4-5,7,9,12H2,1H3. The van der Waals surface area contributed by atoms with E-state index in [2.05, 4.69) is 6.07 Å². The van der Waals surface area contributed by atoms with E-state index in [0.717, 1.165) is 31.6 Å². The van der Waals surface area contributed by atoms with Crippen LogP contribution in [0.2, 0.25) is 0 Å². The molecule has 0 saturated carbocycles. The summed E-state index contributed by atoms with van der Waals surface area (Å²) < 4.78 is 5.24. The average molecular weight is 179 g/mol. The van der Waals surface area contributed by atoms with Gasteiger partial charge in [0.2, 0.25) is 0 Å². The number of ether oxygens (including phenoxy) is 1. The van der Waals surface area contributed by atoms with Crippen molar-refractivity contribution in [1.29, 1.82) is 0 Å². The van der Waals surface area contributed by atoms with E-state index in [1.807, 2.05) is 18.2 Å². The van der Waals surface area contributed by atoms with E-state index in [4.69, 9.17) is 10.5 Å². The van der Waals surface area contributed by atoms with Crippen molar-refractivity contribution < 1.29 is 4.74 Å². The van der Waals surface area contributed by atoms with E-state index in [1.54, 1.807) is 7.11 Å². The predicted molar refractivity (Wildman–Crippen MR) is 55.0 cm³/mol. The Morgan fingerprint density at radius 2 is 2.00 bits per heavy atom. The number of aryl methyl sites for hydroxylation is 1. The summed E-state index contributed by atoms with van der Waals surface area (Å²) in [6.07, 6.45) is 3.27. The second-order valence-electron chi connectivity index (χ2n) is 3.06. The van der Waals surface area contributed by atoms with Crippen LogP contribution in [0.25, 0.3) is 0 Å². The molecule has 0 aromatic heterocycles. The molecular weight excluding hydrogens is 162 g/mol. The van der Waals surface area contributed by atoms with Crippen molar-refractivity contribution in [1.82, 2.24) is 0 Å². The Balaban J connectivity index is 2.54. The van der Waals surface area contributed by atoms with Crippen LogP contribution < -0.4 is 10.5 Å².